The van der Waals surface area contributed by atoms with Gasteiger partial charge in [-0.15, -0.1) is 0 Å². The summed E-state index contributed by atoms with van der Waals surface area (Å²) in [5.74, 6) is 0.0913. The minimum absolute atomic E-state index is 0.218. The van der Waals surface area contributed by atoms with Gasteiger partial charge in [-0.05, 0) is 45.2 Å². The van der Waals surface area contributed by atoms with Gasteiger partial charge in [-0.1, -0.05) is 6.42 Å². The lowest BCUT2D eigenvalue weighted by Gasteiger charge is -2.32. The van der Waals surface area contributed by atoms with E-state index in [4.69, 9.17) is 5.73 Å². The molecule has 1 aromatic rings. The average Bonchev–Trinajstić information content (AvgIpc) is 2.92. The fraction of sp³-hybridized carbons (Fsp3) is 0.692. The Morgan fingerprint density at radius 1 is 1.72 bits per heavy atom. The Kier molecular flexibility index (Phi) is 3.71. The highest BCUT2D eigenvalue weighted by molar-refractivity contribution is 5.85. The fourth-order valence-corrected chi connectivity index (χ4v) is 3.12. The van der Waals surface area contributed by atoms with Gasteiger partial charge in [-0.2, -0.15) is 5.10 Å². The van der Waals surface area contributed by atoms with Crippen LogP contribution in [-0.2, 0) is 11.3 Å². The maximum absolute atomic E-state index is 11.7. The van der Waals surface area contributed by atoms with E-state index >= 15 is 0 Å². The van der Waals surface area contributed by atoms with Crippen LogP contribution in [0.25, 0.3) is 0 Å². The third-order valence-electron chi connectivity index (χ3n) is 4.19. The van der Waals surface area contributed by atoms with Crippen molar-refractivity contribution in [2.45, 2.75) is 44.7 Å². The number of primary amides is 1. The van der Waals surface area contributed by atoms with Crippen LogP contribution in [0.5, 0.6) is 0 Å². The highest BCUT2D eigenvalue weighted by Gasteiger charge is 2.46. The van der Waals surface area contributed by atoms with E-state index in [1.807, 2.05) is 30.9 Å². The molecule has 0 spiro atoms. The molecule has 2 rings (SSSR count). The zero-order valence-electron chi connectivity index (χ0n) is 11.1. The molecule has 1 amide bonds. The van der Waals surface area contributed by atoms with Crippen molar-refractivity contribution < 1.29 is 4.79 Å². The highest BCUT2D eigenvalue weighted by Crippen LogP contribution is 2.37. The molecular weight excluding hydrogens is 228 g/mol. The number of carbonyl (C=O) groups is 1. The Bertz CT molecular complexity index is 428. The molecular formula is C13H22N4O. The van der Waals surface area contributed by atoms with Crippen LogP contribution in [0.4, 0.5) is 0 Å². The number of amides is 1. The van der Waals surface area contributed by atoms with E-state index in [1.54, 1.807) is 0 Å². The first-order valence-electron chi connectivity index (χ1n) is 6.57. The van der Waals surface area contributed by atoms with Crippen LogP contribution in [0.3, 0.4) is 0 Å². The summed E-state index contributed by atoms with van der Waals surface area (Å²) in [7, 11) is 1.83. The van der Waals surface area contributed by atoms with Gasteiger partial charge in [0.2, 0.25) is 5.91 Å². The van der Waals surface area contributed by atoms with Crippen molar-refractivity contribution in [3.05, 3.63) is 18.0 Å². The Morgan fingerprint density at radius 3 is 3.06 bits per heavy atom. The molecule has 100 valence electrons. The maximum Gasteiger partial charge on any atom is 0.238 e. The largest absolute Gasteiger partial charge is 0.368 e. The molecule has 1 aliphatic rings. The van der Waals surface area contributed by atoms with Crippen LogP contribution in [-0.4, -0.2) is 28.3 Å². The summed E-state index contributed by atoms with van der Waals surface area (Å²) in [6, 6.07) is 1.99. The predicted molar refractivity (Wildman–Crippen MR) is 69.9 cm³/mol. The average molecular weight is 250 g/mol. The summed E-state index contributed by atoms with van der Waals surface area (Å²) in [6.07, 6.45) is 5.89. The molecule has 0 bridgehead atoms. The molecule has 1 fully saturated rings. The van der Waals surface area contributed by atoms with E-state index in [0.717, 1.165) is 37.9 Å². The van der Waals surface area contributed by atoms with Crippen LogP contribution in [0.2, 0.25) is 0 Å². The third-order valence-corrected chi connectivity index (χ3v) is 4.19. The number of nitrogens with zero attached hydrogens (tertiary/aromatic N) is 2. The second kappa shape index (κ2) is 5.10. The summed E-state index contributed by atoms with van der Waals surface area (Å²) in [6.45, 7) is 2.82. The van der Waals surface area contributed by atoms with Crippen LogP contribution in [0, 0.1) is 12.8 Å². The first-order valence-corrected chi connectivity index (χ1v) is 6.57. The number of likely N-dealkylation sites (N-methyl/N-ethyl adjacent to an activating group) is 1. The third kappa shape index (κ3) is 2.27. The lowest BCUT2D eigenvalue weighted by Crippen LogP contribution is -2.56. The lowest BCUT2D eigenvalue weighted by molar-refractivity contribution is -0.125. The normalized spacial score (nSPS) is 27.6. The number of hydrogen-bond donors (Lipinski definition) is 2. The topological polar surface area (TPSA) is 72.9 Å². The first-order chi connectivity index (χ1) is 8.58. The van der Waals surface area contributed by atoms with Crippen molar-refractivity contribution in [2.75, 3.05) is 7.05 Å². The van der Waals surface area contributed by atoms with Gasteiger partial charge < -0.3 is 11.1 Å². The van der Waals surface area contributed by atoms with E-state index in [1.165, 1.54) is 0 Å². The summed E-state index contributed by atoms with van der Waals surface area (Å²) >= 11 is 0. The Labute approximate surface area is 108 Å². The highest BCUT2D eigenvalue weighted by atomic mass is 16.1. The zero-order chi connectivity index (χ0) is 13.2. The lowest BCUT2D eigenvalue weighted by atomic mass is 9.84. The second-order valence-electron chi connectivity index (χ2n) is 5.18. The maximum atomic E-state index is 11.7. The molecule has 0 radical (unpaired) electrons. The van der Waals surface area contributed by atoms with E-state index in [2.05, 4.69) is 10.4 Å². The predicted octanol–water partition coefficient (Wildman–Crippen LogP) is 0.825. The summed E-state index contributed by atoms with van der Waals surface area (Å²) in [5, 5.41) is 7.53. The summed E-state index contributed by atoms with van der Waals surface area (Å²) in [5.41, 5.74) is 6.10. The molecule has 2 atom stereocenters. The van der Waals surface area contributed by atoms with Gasteiger partial charge in [0.15, 0.2) is 0 Å². The number of nitrogens with two attached hydrogens (primary N) is 1. The van der Waals surface area contributed by atoms with Gasteiger partial charge in [-0.25, -0.2) is 0 Å². The minimum Gasteiger partial charge on any atom is -0.368 e. The number of aryl methyl sites for hydroxylation is 2. The van der Waals surface area contributed by atoms with Crippen molar-refractivity contribution in [1.82, 2.24) is 15.1 Å². The van der Waals surface area contributed by atoms with Crippen molar-refractivity contribution in [3.8, 4) is 0 Å². The number of carbonyl (C=O) groups excluding carboxylic acids is 1. The van der Waals surface area contributed by atoms with Gasteiger partial charge in [0, 0.05) is 12.7 Å². The molecule has 1 heterocycles. The van der Waals surface area contributed by atoms with Gasteiger partial charge in [0.25, 0.3) is 0 Å². The minimum atomic E-state index is -0.512. The smallest absolute Gasteiger partial charge is 0.238 e. The summed E-state index contributed by atoms with van der Waals surface area (Å²) in [4.78, 5) is 11.7. The number of hydrogen-bond acceptors (Lipinski definition) is 3. The molecule has 0 saturated heterocycles. The van der Waals surface area contributed by atoms with E-state index < -0.39 is 5.54 Å². The van der Waals surface area contributed by atoms with E-state index in [9.17, 15) is 4.79 Å². The van der Waals surface area contributed by atoms with Gasteiger partial charge in [0.1, 0.15) is 5.54 Å². The fourth-order valence-electron chi connectivity index (χ4n) is 3.12. The van der Waals surface area contributed by atoms with Gasteiger partial charge in [-0.3, -0.25) is 9.48 Å². The first kappa shape index (κ1) is 13.1. The quantitative estimate of drug-likeness (QED) is 0.813. The number of nitrogens with one attached hydrogen (secondary N) is 1. The standard InChI is InChI=1S/C13H22N4O/c1-10-5-8-17(16-10)9-6-11-4-3-7-13(11,15-2)12(14)18/h5,8,11,15H,3-4,6-7,9H2,1-2H3,(H2,14,18). The molecule has 5 heteroatoms. The van der Waals surface area contributed by atoms with Crippen LogP contribution < -0.4 is 11.1 Å². The molecule has 1 aromatic heterocycles. The molecule has 0 aliphatic heterocycles. The molecule has 18 heavy (non-hydrogen) atoms. The number of rotatable bonds is 5. The molecule has 3 N–H and O–H groups in total. The SMILES string of the molecule is CNC1(C(N)=O)CCCC1CCn1ccc(C)n1. The Hall–Kier alpha value is -1.36. The van der Waals surface area contributed by atoms with E-state index in [-0.39, 0.29) is 5.91 Å². The monoisotopic (exact) mass is 250 g/mol. The van der Waals surface area contributed by atoms with Crippen LogP contribution in [0.15, 0.2) is 12.3 Å². The summed E-state index contributed by atoms with van der Waals surface area (Å²) < 4.78 is 1.94. The van der Waals surface area contributed by atoms with Crippen molar-refractivity contribution >= 4 is 5.91 Å². The van der Waals surface area contributed by atoms with Gasteiger partial charge >= 0.3 is 0 Å². The molecule has 5 nitrogen and oxygen atoms in total. The van der Waals surface area contributed by atoms with Gasteiger partial charge in [0.05, 0.1) is 5.69 Å². The van der Waals surface area contributed by atoms with Crippen LogP contribution >= 0.6 is 0 Å². The Morgan fingerprint density at radius 2 is 2.50 bits per heavy atom. The zero-order valence-corrected chi connectivity index (χ0v) is 11.1. The molecule has 0 aromatic carbocycles. The number of aromatic nitrogens is 2. The van der Waals surface area contributed by atoms with Crippen molar-refractivity contribution in [1.29, 1.82) is 0 Å². The van der Waals surface area contributed by atoms with Crippen LogP contribution in [0.1, 0.15) is 31.4 Å². The van der Waals surface area contributed by atoms with Crippen molar-refractivity contribution in [3.63, 3.8) is 0 Å². The molecule has 2 unspecified atom stereocenters. The second-order valence-corrected chi connectivity index (χ2v) is 5.18. The Balaban J connectivity index is 2.01. The van der Waals surface area contributed by atoms with Crippen molar-refractivity contribution in [2.24, 2.45) is 11.7 Å². The molecule has 1 aliphatic carbocycles. The molecule has 1 saturated carbocycles. The van der Waals surface area contributed by atoms with E-state index in [0.29, 0.717) is 5.92 Å².